The van der Waals surface area contributed by atoms with Crippen LogP contribution in [0.15, 0.2) is 52.9 Å². The Kier molecular flexibility index (Phi) is 5.00. The average molecular weight is 383 g/mol. The van der Waals surface area contributed by atoms with Crippen molar-refractivity contribution in [1.82, 2.24) is 9.55 Å². The number of allylic oxidation sites excluding steroid dienone is 1. The molecule has 0 radical (unpaired) electrons. The van der Waals surface area contributed by atoms with Gasteiger partial charge in [-0.1, -0.05) is 55.1 Å². The monoisotopic (exact) mass is 382 g/mol. The zero-order valence-corrected chi connectivity index (χ0v) is 16.5. The maximum atomic E-state index is 13.1. The summed E-state index contributed by atoms with van der Waals surface area (Å²) < 4.78 is 2.15. The first kappa shape index (κ1) is 17.6. The Bertz CT molecular complexity index is 1000. The van der Waals surface area contributed by atoms with Crippen LogP contribution in [0.5, 0.6) is 0 Å². The van der Waals surface area contributed by atoms with Crippen molar-refractivity contribution in [3.8, 4) is 0 Å². The van der Waals surface area contributed by atoms with Gasteiger partial charge in [0.25, 0.3) is 0 Å². The molecule has 4 rings (SSSR count). The van der Waals surface area contributed by atoms with Crippen LogP contribution in [0.4, 0.5) is 0 Å². The molecule has 1 atom stereocenters. The summed E-state index contributed by atoms with van der Waals surface area (Å²) in [6, 6.07) is 10.4. The summed E-state index contributed by atoms with van der Waals surface area (Å²) in [7, 11) is 0. The Morgan fingerprint density at radius 3 is 2.96 bits per heavy atom. The minimum atomic E-state index is 0.143. The normalized spacial score (nSPS) is 16.6. The summed E-state index contributed by atoms with van der Waals surface area (Å²) in [6.07, 6.45) is 4.95. The molecule has 3 aromatic rings. The maximum Gasteiger partial charge on any atom is 0.211 e. The molecule has 5 heteroatoms. The first-order valence-corrected chi connectivity index (χ1v) is 10.8. The lowest BCUT2D eigenvalue weighted by atomic mass is 9.89. The van der Waals surface area contributed by atoms with Crippen molar-refractivity contribution in [1.29, 1.82) is 0 Å². The molecular formula is C21H22N2OS2. The second kappa shape index (κ2) is 7.41. The van der Waals surface area contributed by atoms with Crippen molar-refractivity contribution in [2.45, 2.75) is 43.6 Å². The van der Waals surface area contributed by atoms with Crippen molar-refractivity contribution < 1.29 is 0 Å². The van der Waals surface area contributed by atoms with E-state index in [0.29, 0.717) is 18.0 Å². The molecule has 1 aromatic carbocycles. The Balaban J connectivity index is 1.77. The molecule has 0 bridgehead atoms. The van der Waals surface area contributed by atoms with Crippen LogP contribution in [0.2, 0.25) is 0 Å². The van der Waals surface area contributed by atoms with E-state index >= 15 is 0 Å². The number of rotatable bonds is 5. The zero-order valence-electron chi connectivity index (χ0n) is 14.9. The molecule has 2 aromatic heterocycles. The molecule has 1 aliphatic carbocycles. The summed E-state index contributed by atoms with van der Waals surface area (Å²) in [6.45, 7) is 6.80. The first-order chi connectivity index (χ1) is 12.7. The van der Waals surface area contributed by atoms with Crippen LogP contribution in [0.1, 0.15) is 29.3 Å². The predicted octanol–water partition coefficient (Wildman–Crippen LogP) is 5.06. The quantitative estimate of drug-likeness (QED) is 0.457. The lowest BCUT2D eigenvalue weighted by Crippen LogP contribution is -2.20. The SMILES string of the molecule is C=CCn1c(SCc2ccccc2)nc2c(=O)c3c(sc21)CCC(C)C3. The molecule has 1 unspecified atom stereocenters. The number of fused-ring (bicyclic) bond motifs is 2. The van der Waals surface area contributed by atoms with Crippen molar-refractivity contribution in [3.05, 3.63) is 69.2 Å². The lowest BCUT2D eigenvalue weighted by Gasteiger charge is -2.19. The highest BCUT2D eigenvalue weighted by Crippen LogP contribution is 2.33. The molecule has 0 fully saturated rings. The lowest BCUT2D eigenvalue weighted by molar-refractivity contribution is 0.504. The Morgan fingerprint density at radius 2 is 2.19 bits per heavy atom. The van der Waals surface area contributed by atoms with Gasteiger partial charge in [-0.15, -0.1) is 17.9 Å². The summed E-state index contributed by atoms with van der Waals surface area (Å²) >= 11 is 3.44. The van der Waals surface area contributed by atoms with E-state index in [2.05, 4.69) is 42.3 Å². The van der Waals surface area contributed by atoms with Crippen molar-refractivity contribution >= 4 is 33.4 Å². The van der Waals surface area contributed by atoms with Gasteiger partial charge in [0.2, 0.25) is 5.43 Å². The summed E-state index contributed by atoms with van der Waals surface area (Å²) in [5.41, 5.74) is 3.04. The highest BCUT2D eigenvalue weighted by atomic mass is 32.2. The molecule has 2 heterocycles. The molecule has 0 aliphatic heterocycles. The van der Waals surface area contributed by atoms with E-state index in [0.717, 1.165) is 34.1 Å². The molecular weight excluding hydrogens is 360 g/mol. The van der Waals surface area contributed by atoms with Crippen LogP contribution < -0.4 is 5.43 Å². The average Bonchev–Trinajstić information content (AvgIpc) is 3.00. The van der Waals surface area contributed by atoms with E-state index < -0.39 is 0 Å². The van der Waals surface area contributed by atoms with Gasteiger partial charge < -0.3 is 4.57 Å². The maximum absolute atomic E-state index is 13.1. The minimum absolute atomic E-state index is 0.143. The van der Waals surface area contributed by atoms with Gasteiger partial charge in [0, 0.05) is 22.7 Å². The molecule has 0 saturated heterocycles. The van der Waals surface area contributed by atoms with Crippen molar-refractivity contribution in [3.63, 3.8) is 0 Å². The summed E-state index contributed by atoms with van der Waals surface area (Å²) in [5, 5.41) is 0.910. The Morgan fingerprint density at radius 1 is 1.38 bits per heavy atom. The number of imidazole rings is 1. The Hall–Kier alpha value is -1.85. The van der Waals surface area contributed by atoms with Gasteiger partial charge >= 0.3 is 0 Å². The fourth-order valence-electron chi connectivity index (χ4n) is 3.48. The number of hydrogen-bond acceptors (Lipinski definition) is 4. The van der Waals surface area contributed by atoms with Crippen LogP contribution >= 0.6 is 23.1 Å². The molecule has 0 amide bonds. The fourth-order valence-corrected chi connectivity index (χ4v) is 5.76. The molecule has 26 heavy (non-hydrogen) atoms. The van der Waals surface area contributed by atoms with Gasteiger partial charge in [-0.3, -0.25) is 4.79 Å². The predicted molar refractivity (Wildman–Crippen MR) is 111 cm³/mol. The smallest absolute Gasteiger partial charge is 0.211 e. The Labute approximate surface area is 161 Å². The molecule has 1 aliphatic rings. The fraction of sp³-hybridized carbons (Fsp3) is 0.333. The number of aryl methyl sites for hydroxylation is 1. The van der Waals surface area contributed by atoms with Crippen molar-refractivity contribution in [2.24, 2.45) is 5.92 Å². The molecule has 0 spiro atoms. The standard InChI is InChI=1S/C21H22N2OS2/c1-3-11-23-20-18(19(24)16-12-14(2)9-10-17(16)26-20)22-21(23)25-13-15-7-5-4-6-8-15/h3-8,14H,1,9-13H2,2H3. The highest BCUT2D eigenvalue weighted by molar-refractivity contribution is 7.98. The molecule has 0 N–H and O–H groups in total. The van der Waals surface area contributed by atoms with E-state index in [4.69, 9.17) is 4.98 Å². The van der Waals surface area contributed by atoms with Crippen LogP contribution in [0.25, 0.3) is 10.3 Å². The third-order valence-electron chi connectivity index (χ3n) is 4.87. The second-order valence-electron chi connectivity index (χ2n) is 6.90. The first-order valence-electron chi connectivity index (χ1n) is 9.00. The second-order valence-corrected chi connectivity index (χ2v) is 8.93. The van der Waals surface area contributed by atoms with Crippen LogP contribution in [0, 0.1) is 5.92 Å². The van der Waals surface area contributed by atoms with Gasteiger partial charge in [0.05, 0.1) is 0 Å². The van der Waals surface area contributed by atoms with Crippen LogP contribution in [0.3, 0.4) is 0 Å². The minimum Gasteiger partial charge on any atom is -0.307 e. The zero-order chi connectivity index (χ0) is 18.1. The van der Waals surface area contributed by atoms with Gasteiger partial charge in [-0.05, 0) is 30.7 Å². The van der Waals surface area contributed by atoms with E-state index in [-0.39, 0.29) is 5.43 Å². The largest absolute Gasteiger partial charge is 0.307 e. The third-order valence-corrected chi connectivity index (χ3v) is 7.22. The number of hydrogen-bond donors (Lipinski definition) is 0. The topological polar surface area (TPSA) is 34.9 Å². The van der Waals surface area contributed by atoms with E-state index in [1.54, 1.807) is 23.1 Å². The van der Waals surface area contributed by atoms with Crippen molar-refractivity contribution in [2.75, 3.05) is 0 Å². The van der Waals surface area contributed by atoms with E-state index in [9.17, 15) is 4.79 Å². The van der Waals surface area contributed by atoms with Crippen LogP contribution in [-0.2, 0) is 25.1 Å². The van der Waals surface area contributed by atoms with Gasteiger partial charge in [0.15, 0.2) is 5.16 Å². The van der Waals surface area contributed by atoms with Gasteiger partial charge in [-0.25, -0.2) is 4.98 Å². The number of thioether (sulfide) groups is 1. The molecule has 134 valence electrons. The summed E-state index contributed by atoms with van der Waals surface area (Å²) in [5.74, 6) is 1.43. The highest BCUT2D eigenvalue weighted by Gasteiger charge is 2.23. The number of nitrogens with zero attached hydrogens (tertiary/aromatic N) is 2. The summed E-state index contributed by atoms with van der Waals surface area (Å²) in [4.78, 5) is 20.1. The molecule has 0 saturated carbocycles. The van der Waals surface area contributed by atoms with E-state index in [1.165, 1.54) is 16.9 Å². The number of aromatic nitrogens is 2. The number of benzene rings is 1. The van der Waals surface area contributed by atoms with Gasteiger partial charge in [-0.2, -0.15) is 0 Å². The van der Waals surface area contributed by atoms with E-state index in [1.807, 2.05) is 12.1 Å². The van der Waals surface area contributed by atoms with Gasteiger partial charge in [0.1, 0.15) is 10.3 Å². The van der Waals surface area contributed by atoms with Crippen LogP contribution in [-0.4, -0.2) is 9.55 Å². The molecule has 3 nitrogen and oxygen atoms in total. The third kappa shape index (κ3) is 3.26.